The second-order valence-electron chi connectivity index (χ2n) is 4.07. The summed E-state index contributed by atoms with van der Waals surface area (Å²) in [5.41, 5.74) is 0. The normalized spacial score (nSPS) is 20.2. The Morgan fingerprint density at radius 3 is 2.85 bits per heavy atom. The number of nitriles is 1. The van der Waals surface area contributed by atoms with Gasteiger partial charge in [0.15, 0.2) is 6.20 Å². The Bertz CT molecular complexity index is 651. The molecular formula is C10H11N5O4S. The molecule has 0 amide bonds. The first-order valence-electron chi connectivity index (χ1n) is 5.69. The third kappa shape index (κ3) is 2.60. The van der Waals surface area contributed by atoms with Crippen molar-refractivity contribution in [3.8, 4) is 6.07 Å². The Morgan fingerprint density at radius 2 is 2.30 bits per heavy atom. The number of pyridine rings is 1. The van der Waals surface area contributed by atoms with Crippen molar-refractivity contribution in [3.63, 3.8) is 0 Å². The second-order valence-corrected chi connectivity index (χ2v) is 5.96. The maximum absolute atomic E-state index is 12.4. The van der Waals surface area contributed by atoms with Gasteiger partial charge in [-0.25, -0.2) is 8.42 Å². The molecule has 1 aliphatic rings. The molecule has 1 N–H and O–H groups in total. The summed E-state index contributed by atoms with van der Waals surface area (Å²) in [7, 11) is -3.88. The van der Waals surface area contributed by atoms with Gasteiger partial charge in [-0.05, 0) is 16.0 Å². The van der Waals surface area contributed by atoms with E-state index in [1.165, 1.54) is 0 Å². The molecule has 2 heterocycles. The van der Waals surface area contributed by atoms with Crippen molar-refractivity contribution in [2.24, 2.45) is 0 Å². The molecule has 2 rings (SSSR count). The fraction of sp³-hybridized carbons (Fsp3) is 0.400. The molecule has 1 aromatic heterocycles. The number of nitrogens with one attached hydrogen (secondary N) is 1. The van der Waals surface area contributed by atoms with Crippen LogP contribution in [0.3, 0.4) is 0 Å². The molecule has 0 bridgehead atoms. The SMILES string of the molecule is N#CC1CNCCN1S(=O)(=O)c1ccc([N+](=O)[O-])nc1. The molecule has 0 spiro atoms. The van der Waals surface area contributed by atoms with E-state index in [1.807, 2.05) is 6.07 Å². The van der Waals surface area contributed by atoms with Gasteiger partial charge >= 0.3 is 5.82 Å². The molecule has 0 aromatic carbocycles. The molecule has 20 heavy (non-hydrogen) atoms. The van der Waals surface area contributed by atoms with Crippen LogP contribution in [0.2, 0.25) is 0 Å². The summed E-state index contributed by atoms with van der Waals surface area (Å²) in [6.45, 7) is 0.853. The highest BCUT2D eigenvalue weighted by molar-refractivity contribution is 7.89. The highest BCUT2D eigenvalue weighted by Gasteiger charge is 2.34. The lowest BCUT2D eigenvalue weighted by Gasteiger charge is -2.30. The summed E-state index contributed by atoms with van der Waals surface area (Å²) >= 11 is 0. The number of rotatable bonds is 3. The minimum atomic E-state index is -3.88. The van der Waals surface area contributed by atoms with Crippen LogP contribution in [0.25, 0.3) is 0 Å². The Kier molecular flexibility index (Phi) is 3.93. The van der Waals surface area contributed by atoms with E-state index in [1.54, 1.807) is 0 Å². The Balaban J connectivity index is 2.34. The molecule has 0 aliphatic carbocycles. The topological polar surface area (TPSA) is 129 Å². The Hall–Kier alpha value is -2.09. The lowest BCUT2D eigenvalue weighted by atomic mass is 10.3. The predicted molar refractivity (Wildman–Crippen MR) is 67.1 cm³/mol. The number of sulfonamides is 1. The molecule has 1 aromatic rings. The van der Waals surface area contributed by atoms with Crippen molar-refractivity contribution in [1.82, 2.24) is 14.6 Å². The van der Waals surface area contributed by atoms with Crippen LogP contribution in [0.1, 0.15) is 0 Å². The fourth-order valence-corrected chi connectivity index (χ4v) is 3.34. The number of nitro groups is 1. The van der Waals surface area contributed by atoms with Gasteiger partial charge in [-0.15, -0.1) is 0 Å². The molecule has 1 fully saturated rings. The van der Waals surface area contributed by atoms with E-state index in [2.05, 4.69) is 10.3 Å². The lowest BCUT2D eigenvalue weighted by molar-refractivity contribution is -0.389. The summed E-state index contributed by atoms with van der Waals surface area (Å²) in [5.74, 6) is -0.430. The van der Waals surface area contributed by atoms with Crippen LogP contribution in [0.4, 0.5) is 5.82 Å². The van der Waals surface area contributed by atoms with Crippen LogP contribution >= 0.6 is 0 Å². The first kappa shape index (κ1) is 14.3. The minimum absolute atomic E-state index is 0.162. The van der Waals surface area contributed by atoms with Gasteiger partial charge in [-0.2, -0.15) is 9.57 Å². The maximum Gasteiger partial charge on any atom is 0.363 e. The van der Waals surface area contributed by atoms with Gasteiger partial charge in [0, 0.05) is 25.7 Å². The summed E-state index contributed by atoms with van der Waals surface area (Å²) in [6, 6.07) is 3.26. The van der Waals surface area contributed by atoms with Crippen molar-refractivity contribution in [2.75, 3.05) is 19.6 Å². The van der Waals surface area contributed by atoms with E-state index < -0.39 is 26.8 Å². The van der Waals surface area contributed by atoms with Gasteiger partial charge in [-0.1, -0.05) is 0 Å². The van der Waals surface area contributed by atoms with E-state index in [9.17, 15) is 18.5 Å². The van der Waals surface area contributed by atoms with Crippen LogP contribution in [-0.4, -0.2) is 48.3 Å². The summed E-state index contributed by atoms with van der Waals surface area (Å²) in [4.78, 5) is 13.1. The summed E-state index contributed by atoms with van der Waals surface area (Å²) in [6.07, 6.45) is 0.934. The van der Waals surface area contributed by atoms with Gasteiger partial charge in [0.1, 0.15) is 10.9 Å². The average molecular weight is 297 g/mol. The molecule has 1 unspecified atom stereocenters. The monoisotopic (exact) mass is 297 g/mol. The van der Waals surface area contributed by atoms with Gasteiger partial charge in [-0.3, -0.25) is 0 Å². The molecule has 0 saturated carbocycles. The van der Waals surface area contributed by atoms with Crippen LogP contribution in [0.15, 0.2) is 23.2 Å². The zero-order chi connectivity index (χ0) is 14.8. The third-order valence-electron chi connectivity index (χ3n) is 2.86. The first-order valence-corrected chi connectivity index (χ1v) is 7.13. The highest BCUT2D eigenvalue weighted by Crippen LogP contribution is 2.20. The van der Waals surface area contributed by atoms with Crippen LogP contribution in [-0.2, 0) is 10.0 Å². The zero-order valence-corrected chi connectivity index (χ0v) is 11.1. The van der Waals surface area contributed by atoms with Crippen molar-refractivity contribution >= 4 is 15.8 Å². The largest absolute Gasteiger partial charge is 0.363 e. The highest BCUT2D eigenvalue weighted by atomic mass is 32.2. The zero-order valence-electron chi connectivity index (χ0n) is 10.3. The van der Waals surface area contributed by atoms with Crippen molar-refractivity contribution in [1.29, 1.82) is 5.26 Å². The maximum atomic E-state index is 12.4. The molecule has 0 radical (unpaired) electrons. The van der Waals surface area contributed by atoms with E-state index >= 15 is 0 Å². The molecule has 106 valence electrons. The number of piperazine rings is 1. The van der Waals surface area contributed by atoms with Gasteiger partial charge in [0.05, 0.1) is 6.07 Å². The summed E-state index contributed by atoms with van der Waals surface area (Å²) < 4.78 is 25.8. The van der Waals surface area contributed by atoms with E-state index in [-0.39, 0.29) is 18.0 Å². The smallest absolute Gasteiger partial charge is 0.358 e. The number of aromatic nitrogens is 1. The molecule has 1 atom stereocenters. The predicted octanol–water partition coefficient (Wildman–Crippen LogP) is -0.524. The fourth-order valence-electron chi connectivity index (χ4n) is 1.85. The third-order valence-corrected chi connectivity index (χ3v) is 4.75. The van der Waals surface area contributed by atoms with Gasteiger partial charge < -0.3 is 15.4 Å². The first-order chi connectivity index (χ1) is 9.46. The van der Waals surface area contributed by atoms with E-state index in [0.29, 0.717) is 6.54 Å². The summed E-state index contributed by atoms with van der Waals surface area (Å²) in [5, 5.41) is 22.4. The number of hydrogen-bond acceptors (Lipinski definition) is 7. The van der Waals surface area contributed by atoms with Crippen molar-refractivity contribution in [2.45, 2.75) is 10.9 Å². The van der Waals surface area contributed by atoms with E-state index in [0.717, 1.165) is 22.6 Å². The molecular weight excluding hydrogens is 286 g/mol. The van der Waals surface area contributed by atoms with Crippen LogP contribution < -0.4 is 5.32 Å². The Morgan fingerprint density at radius 1 is 1.55 bits per heavy atom. The van der Waals surface area contributed by atoms with E-state index in [4.69, 9.17) is 5.26 Å². The molecule has 1 aliphatic heterocycles. The standard InChI is InChI=1S/C10H11N5O4S/c11-5-8-6-12-3-4-14(8)20(18,19)9-1-2-10(13-7-9)15(16)17/h1-2,7-8,12H,3-4,6H2. The average Bonchev–Trinajstić information content (AvgIpc) is 2.47. The van der Waals surface area contributed by atoms with Crippen molar-refractivity contribution in [3.05, 3.63) is 28.4 Å². The van der Waals surface area contributed by atoms with Crippen LogP contribution in [0, 0.1) is 21.4 Å². The lowest BCUT2D eigenvalue weighted by Crippen LogP contribution is -2.52. The quantitative estimate of drug-likeness (QED) is 0.586. The van der Waals surface area contributed by atoms with Gasteiger partial charge in [0.2, 0.25) is 10.0 Å². The number of nitrogens with zero attached hydrogens (tertiary/aromatic N) is 4. The molecule has 10 heteroatoms. The van der Waals surface area contributed by atoms with Crippen molar-refractivity contribution < 1.29 is 13.3 Å². The van der Waals surface area contributed by atoms with Gasteiger partial charge in [0.25, 0.3) is 0 Å². The molecule has 1 saturated heterocycles. The van der Waals surface area contributed by atoms with Crippen LogP contribution in [0.5, 0.6) is 0 Å². The minimum Gasteiger partial charge on any atom is -0.358 e. The number of hydrogen-bond donors (Lipinski definition) is 1. The molecule has 9 nitrogen and oxygen atoms in total. The second kappa shape index (κ2) is 5.49. The Labute approximate surface area is 115 Å².